The first-order valence-electron chi connectivity index (χ1n) is 6.34. The lowest BCUT2D eigenvalue weighted by Gasteiger charge is -2.32. The van der Waals surface area contributed by atoms with Gasteiger partial charge in [0.2, 0.25) is 5.91 Å². The Kier molecular flexibility index (Phi) is 4.77. The molecule has 1 aromatic rings. The van der Waals surface area contributed by atoms with Crippen LogP contribution in [0.15, 0.2) is 22.7 Å². The van der Waals surface area contributed by atoms with Crippen molar-refractivity contribution in [2.24, 2.45) is 0 Å². The fourth-order valence-electron chi connectivity index (χ4n) is 2.10. The van der Waals surface area contributed by atoms with Gasteiger partial charge in [0.15, 0.2) is 0 Å². The third kappa shape index (κ3) is 3.37. The van der Waals surface area contributed by atoms with E-state index in [0.29, 0.717) is 18.7 Å². The van der Waals surface area contributed by atoms with E-state index < -0.39 is 0 Å². The molecule has 0 saturated carbocycles. The van der Waals surface area contributed by atoms with Crippen molar-refractivity contribution in [2.75, 3.05) is 33.8 Å². The number of carbonyl (C=O) groups excluding carboxylic acids is 2. The standard InChI is InChI=1S/C14H17BrN2O3/c1-16-5-6-17(9-13(16)18)8-11-4-3-10(7-12(11)15)14(19)20-2/h3-4,7H,5-6,8-9H2,1-2H3. The van der Waals surface area contributed by atoms with Crippen LogP contribution in [-0.4, -0.2) is 55.5 Å². The second-order valence-corrected chi connectivity index (χ2v) is 5.68. The molecule has 1 fully saturated rings. The Morgan fingerprint density at radius 1 is 1.40 bits per heavy atom. The fourth-order valence-corrected chi connectivity index (χ4v) is 2.61. The van der Waals surface area contributed by atoms with E-state index in [9.17, 15) is 9.59 Å². The van der Waals surface area contributed by atoms with E-state index in [1.165, 1.54) is 7.11 Å². The van der Waals surface area contributed by atoms with Gasteiger partial charge in [-0.3, -0.25) is 9.69 Å². The molecule has 1 saturated heterocycles. The molecular formula is C14H17BrN2O3. The minimum Gasteiger partial charge on any atom is -0.465 e. The Bertz CT molecular complexity index is 533. The molecule has 6 heteroatoms. The van der Waals surface area contributed by atoms with Crippen molar-refractivity contribution in [1.82, 2.24) is 9.80 Å². The molecule has 0 spiro atoms. The summed E-state index contributed by atoms with van der Waals surface area (Å²) in [5.41, 5.74) is 1.56. The summed E-state index contributed by atoms with van der Waals surface area (Å²) in [7, 11) is 3.18. The molecule has 1 aliphatic heterocycles. The first kappa shape index (κ1) is 15.0. The summed E-state index contributed by atoms with van der Waals surface area (Å²) in [6.45, 7) is 2.72. The molecule has 0 aliphatic carbocycles. The number of nitrogens with zero attached hydrogens (tertiary/aromatic N) is 2. The van der Waals surface area contributed by atoms with Gasteiger partial charge in [0.05, 0.1) is 19.2 Å². The van der Waals surface area contributed by atoms with Gasteiger partial charge in [0, 0.05) is 31.2 Å². The Labute approximate surface area is 126 Å². The first-order valence-corrected chi connectivity index (χ1v) is 7.13. The third-order valence-electron chi connectivity index (χ3n) is 3.40. The molecule has 2 rings (SSSR count). The van der Waals surface area contributed by atoms with Crippen molar-refractivity contribution in [3.8, 4) is 0 Å². The van der Waals surface area contributed by atoms with Crippen LogP contribution >= 0.6 is 15.9 Å². The number of benzene rings is 1. The van der Waals surface area contributed by atoms with Gasteiger partial charge in [0.1, 0.15) is 0 Å². The number of esters is 1. The average molecular weight is 341 g/mol. The van der Waals surface area contributed by atoms with Gasteiger partial charge in [0.25, 0.3) is 0 Å². The maximum atomic E-state index is 11.7. The quantitative estimate of drug-likeness (QED) is 0.782. The van der Waals surface area contributed by atoms with Crippen molar-refractivity contribution in [3.63, 3.8) is 0 Å². The summed E-state index contributed by atoms with van der Waals surface area (Å²) < 4.78 is 5.54. The van der Waals surface area contributed by atoms with Gasteiger partial charge in [-0.25, -0.2) is 4.79 Å². The van der Waals surface area contributed by atoms with E-state index >= 15 is 0 Å². The highest BCUT2D eigenvalue weighted by atomic mass is 79.9. The van der Waals surface area contributed by atoms with Crippen LogP contribution in [0.5, 0.6) is 0 Å². The van der Waals surface area contributed by atoms with Crippen molar-refractivity contribution in [3.05, 3.63) is 33.8 Å². The van der Waals surface area contributed by atoms with Gasteiger partial charge in [-0.15, -0.1) is 0 Å². The molecule has 0 unspecified atom stereocenters. The number of halogens is 1. The topological polar surface area (TPSA) is 49.9 Å². The highest BCUT2D eigenvalue weighted by molar-refractivity contribution is 9.10. The van der Waals surface area contributed by atoms with E-state index in [4.69, 9.17) is 0 Å². The van der Waals surface area contributed by atoms with Crippen LogP contribution in [0.4, 0.5) is 0 Å². The normalized spacial score (nSPS) is 16.4. The molecule has 0 N–H and O–H groups in total. The Morgan fingerprint density at radius 2 is 2.15 bits per heavy atom. The zero-order valence-corrected chi connectivity index (χ0v) is 13.1. The lowest BCUT2D eigenvalue weighted by atomic mass is 10.1. The highest BCUT2D eigenvalue weighted by Crippen LogP contribution is 2.21. The number of rotatable bonds is 3. The Morgan fingerprint density at radius 3 is 2.75 bits per heavy atom. The second kappa shape index (κ2) is 6.37. The fraction of sp³-hybridized carbons (Fsp3) is 0.429. The van der Waals surface area contributed by atoms with E-state index in [2.05, 4.69) is 25.6 Å². The molecule has 20 heavy (non-hydrogen) atoms. The molecule has 0 radical (unpaired) electrons. The molecule has 0 aromatic heterocycles. The van der Waals surface area contributed by atoms with Crippen LogP contribution in [0.3, 0.4) is 0 Å². The van der Waals surface area contributed by atoms with Gasteiger partial charge in [-0.1, -0.05) is 22.0 Å². The monoisotopic (exact) mass is 340 g/mol. The molecule has 0 atom stereocenters. The highest BCUT2D eigenvalue weighted by Gasteiger charge is 2.21. The van der Waals surface area contributed by atoms with E-state index in [-0.39, 0.29) is 11.9 Å². The number of methoxy groups -OCH3 is 1. The molecule has 5 nitrogen and oxygen atoms in total. The van der Waals surface area contributed by atoms with Crippen LogP contribution in [0.1, 0.15) is 15.9 Å². The van der Waals surface area contributed by atoms with Gasteiger partial charge < -0.3 is 9.64 Å². The number of hydrogen-bond donors (Lipinski definition) is 0. The molecule has 1 amide bonds. The van der Waals surface area contributed by atoms with E-state index in [1.54, 1.807) is 17.0 Å². The van der Waals surface area contributed by atoms with E-state index in [0.717, 1.165) is 23.1 Å². The summed E-state index contributed by atoms with van der Waals surface area (Å²) in [5, 5.41) is 0. The number of piperazine rings is 1. The maximum absolute atomic E-state index is 11.7. The number of ether oxygens (including phenoxy) is 1. The van der Waals surface area contributed by atoms with Gasteiger partial charge in [-0.05, 0) is 17.7 Å². The predicted molar refractivity (Wildman–Crippen MR) is 78.4 cm³/mol. The van der Waals surface area contributed by atoms with Crippen LogP contribution in [0, 0.1) is 0 Å². The molecular weight excluding hydrogens is 324 g/mol. The summed E-state index contributed by atoms with van der Waals surface area (Å²) >= 11 is 3.47. The van der Waals surface area contributed by atoms with Crippen molar-refractivity contribution in [2.45, 2.75) is 6.54 Å². The molecule has 1 aliphatic rings. The SMILES string of the molecule is COC(=O)c1ccc(CN2CCN(C)C(=O)C2)c(Br)c1. The van der Waals surface area contributed by atoms with Crippen LogP contribution in [0.2, 0.25) is 0 Å². The summed E-state index contributed by atoms with van der Waals surface area (Å²) in [5.74, 6) is -0.217. The summed E-state index contributed by atoms with van der Waals surface area (Å²) in [6, 6.07) is 5.38. The zero-order valence-electron chi connectivity index (χ0n) is 11.6. The Balaban J connectivity index is 2.07. The average Bonchev–Trinajstić information content (AvgIpc) is 2.44. The van der Waals surface area contributed by atoms with Gasteiger partial charge in [-0.2, -0.15) is 0 Å². The lowest BCUT2D eigenvalue weighted by molar-refractivity contribution is -0.134. The van der Waals surface area contributed by atoms with Crippen molar-refractivity contribution < 1.29 is 14.3 Å². The van der Waals surface area contributed by atoms with E-state index in [1.807, 2.05) is 13.1 Å². The maximum Gasteiger partial charge on any atom is 0.337 e. The minimum atomic E-state index is -0.355. The van der Waals surface area contributed by atoms with Crippen molar-refractivity contribution in [1.29, 1.82) is 0 Å². The lowest BCUT2D eigenvalue weighted by Crippen LogP contribution is -2.48. The largest absolute Gasteiger partial charge is 0.465 e. The Hall–Kier alpha value is -1.40. The number of carbonyl (C=O) groups is 2. The molecule has 1 aromatic carbocycles. The number of amides is 1. The number of hydrogen-bond acceptors (Lipinski definition) is 4. The van der Waals surface area contributed by atoms with Crippen LogP contribution in [-0.2, 0) is 16.1 Å². The van der Waals surface area contributed by atoms with Crippen LogP contribution < -0.4 is 0 Å². The minimum absolute atomic E-state index is 0.138. The smallest absolute Gasteiger partial charge is 0.337 e. The van der Waals surface area contributed by atoms with Crippen molar-refractivity contribution >= 4 is 27.8 Å². The second-order valence-electron chi connectivity index (χ2n) is 4.82. The number of likely N-dealkylation sites (N-methyl/N-ethyl adjacent to an activating group) is 1. The molecule has 1 heterocycles. The molecule has 108 valence electrons. The predicted octanol–water partition coefficient (Wildman–Crippen LogP) is 1.51. The summed E-state index contributed by atoms with van der Waals surface area (Å²) in [6.07, 6.45) is 0. The third-order valence-corrected chi connectivity index (χ3v) is 4.14. The summed E-state index contributed by atoms with van der Waals surface area (Å²) in [4.78, 5) is 27.0. The first-order chi connectivity index (χ1) is 9.51. The zero-order chi connectivity index (χ0) is 14.7. The van der Waals surface area contributed by atoms with Gasteiger partial charge >= 0.3 is 5.97 Å². The van der Waals surface area contributed by atoms with Crippen LogP contribution in [0.25, 0.3) is 0 Å². The molecule has 0 bridgehead atoms.